The zero-order chi connectivity index (χ0) is 13.8. The van der Waals surface area contributed by atoms with Gasteiger partial charge in [-0.15, -0.1) is 12.4 Å². The second-order valence-electron chi connectivity index (χ2n) is 6.36. The minimum atomic E-state index is 0. The van der Waals surface area contributed by atoms with Gasteiger partial charge in [0.1, 0.15) is 0 Å². The van der Waals surface area contributed by atoms with Crippen molar-refractivity contribution in [1.29, 1.82) is 0 Å². The Labute approximate surface area is 129 Å². The molecule has 1 saturated carbocycles. The first-order chi connectivity index (χ1) is 9.09. The molecule has 1 heterocycles. The molecule has 2 aliphatic rings. The van der Waals surface area contributed by atoms with Crippen LogP contribution in [-0.4, -0.2) is 61.0 Å². The van der Waals surface area contributed by atoms with Gasteiger partial charge in [-0.25, -0.2) is 0 Å². The van der Waals surface area contributed by atoms with Gasteiger partial charge in [-0.05, 0) is 25.7 Å². The molecule has 0 aromatic carbocycles. The first-order valence-electron chi connectivity index (χ1n) is 7.80. The molecule has 0 radical (unpaired) electrons. The van der Waals surface area contributed by atoms with Gasteiger partial charge < -0.3 is 10.2 Å². The third-order valence-corrected chi connectivity index (χ3v) is 4.93. The highest BCUT2D eigenvalue weighted by atomic mass is 35.5. The Morgan fingerprint density at radius 1 is 1.30 bits per heavy atom. The maximum atomic E-state index is 12.5. The zero-order valence-electron chi connectivity index (χ0n) is 13.1. The third-order valence-electron chi connectivity index (χ3n) is 4.93. The average molecular weight is 304 g/mol. The van der Waals surface area contributed by atoms with E-state index in [9.17, 15) is 4.79 Å². The topological polar surface area (TPSA) is 35.6 Å². The van der Waals surface area contributed by atoms with Crippen LogP contribution >= 0.6 is 12.4 Å². The molecule has 118 valence electrons. The number of nitrogens with zero attached hydrogens (tertiary/aromatic N) is 2. The number of likely N-dealkylation sites (N-methyl/N-ethyl adjacent to an activating group) is 1. The molecule has 1 saturated heterocycles. The maximum Gasteiger partial charge on any atom is 0.236 e. The van der Waals surface area contributed by atoms with Crippen LogP contribution in [0.1, 0.15) is 39.5 Å². The van der Waals surface area contributed by atoms with E-state index in [1.165, 1.54) is 25.7 Å². The Hall–Kier alpha value is -0.320. The maximum absolute atomic E-state index is 12.5. The summed E-state index contributed by atoms with van der Waals surface area (Å²) < 4.78 is 0. The molecule has 2 fully saturated rings. The standard InChI is InChI=1S/C15H29N3O.ClH/c1-12-6-4-5-7-14(12)17(3)15(19)11-18-9-8-16-10-13(18)2;/h12-14,16H,4-11H2,1-3H3;1H/t12?,13-,14?;/m1./s1. The van der Waals surface area contributed by atoms with Crippen molar-refractivity contribution >= 4 is 18.3 Å². The number of halogens is 1. The fourth-order valence-corrected chi connectivity index (χ4v) is 3.46. The molecule has 3 atom stereocenters. The van der Waals surface area contributed by atoms with Gasteiger partial charge in [-0.3, -0.25) is 9.69 Å². The molecule has 1 aliphatic heterocycles. The highest BCUT2D eigenvalue weighted by molar-refractivity contribution is 5.85. The van der Waals surface area contributed by atoms with E-state index in [2.05, 4.69) is 24.1 Å². The summed E-state index contributed by atoms with van der Waals surface area (Å²) in [5, 5.41) is 3.37. The van der Waals surface area contributed by atoms with Crippen molar-refractivity contribution in [2.75, 3.05) is 33.2 Å². The molecule has 1 amide bonds. The van der Waals surface area contributed by atoms with Crippen molar-refractivity contribution in [1.82, 2.24) is 15.1 Å². The number of hydrogen-bond acceptors (Lipinski definition) is 3. The number of piperazine rings is 1. The lowest BCUT2D eigenvalue weighted by Gasteiger charge is -2.39. The Kier molecular flexibility index (Phi) is 7.27. The van der Waals surface area contributed by atoms with Crippen LogP contribution in [0, 0.1) is 5.92 Å². The molecular weight excluding hydrogens is 274 g/mol. The van der Waals surface area contributed by atoms with Crippen molar-refractivity contribution in [3.8, 4) is 0 Å². The zero-order valence-corrected chi connectivity index (χ0v) is 13.9. The molecule has 0 spiro atoms. The first-order valence-corrected chi connectivity index (χ1v) is 7.80. The molecule has 1 aliphatic carbocycles. The van der Waals surface area contributed by atoms with Gasteiger partial charge in [0.15, 0.2) is 0 Å². The van der Waals surface area contributed by atoms with E-state index in [4.69, 9.17) is 0 Å². The molecule has 5 heteroatoms. The summed E-state index contributed by atoms with van der Waals surface area (Å²) in [5.74, 6) is 0.954. The van der Waals surface area contributed by atoms with E-state index in [1.807, 2.05) is 11.9 Å². The number of hydrogen-bond donors (Lipinski definition) is 1. The second-order valence-corrected chi connectivity index (χ2v) is 6.36. The highest BCUT2D eigenvalue weighted by Gasteiger charge is 2.29. The number of nitrogens with one attached hydrogen (secondary N) is 1. The number of carbonyl (C=O) groups is 1. The van der Waals surface area contributed by atoms with Crippen LogP contribution in [0.4, 0.5) is 0 Å². The van der Waals surface area contributed by atoms with E-state index >= 15 is 0 Å². The SMILES string of the molecule is CC1CCCCC1N(C)C(=O)CN1CCNC[C@H]1C.Cl. The largest absolute Gasteiger partial charge is 0.341 e. The molecule has 0 aromatic rings. The number of carbonyl (C=O) groups excluding carboxylic acids is 1. The van der Waals surface area contributed by atoms with Crippen LogP contribution in [0.25, 0.3) is 0 Å². The normalized spacial score (nSPS) is 31.4. The van der Waals surface area contributed by atoms with E-state index in [0.29, 0.717) is 30.5 Å². The van der Waals surface area contributed by atoms with Crippen LogP contribution in [0.2, 0.25) is 0 Å². The first kappa shape index (κ1) is 17.7. The molecule has 4 nitrogen and oxygen atoms in total. The molecule has 2 rings (SSSR count). The van der Waals surface area contributed by atoms with Crippen LogP contribution < -0.4 is 5.32 Å². The molecule has 2 unspecified atom stereocenters. The van der Waals surface area contributed by atoms with Crippen LogP contribution in [0.15, 0.2) is 0 Å². The smallest absolute Gasteiger partial charge is 0.236 e. The van der Waals surface area contributed by atoms with E-state index in [-0.39, 0.29) is 12.4 Å². The van der Waals surface area contributed by atoms with Crippen molar-refractivity contribution in [3.05, 3.63) is 0 Å². The third kappa shape index (κ3) is 4.34. The second kappa shape index (κ2) is 8.20. The lowest BCUT2D eigenvalue weighted by atomic mass is 9.85. The van der Waals surface area contributed by atoms with Crippen molar-refractivity contribution < 1.29 is 4.79 Å². The molecular formula is C15H30ClN3O. The average Bonchev–Trinajstić information content (AvgIpc) is 2.41. The summed E-state index contributed by atoms with van der Waals surface area (Å²) >= 11 is 0. The quantitative estimate of drug-likeness (QED) is 0.863. The lowest BCUT2D eigenvalue weighted by molar-refractivity contribution is -0.135. The molecule has 0 bridgehead atoms. The van der Waals surface area contributed by atoms with Crippen molar-refractivity contribution in [2.45, 2.75) is 51.6 Å². The summed E-state index contributed by atoms with van der Waals surface area (Å²) in [6.45, 7) is 8.06. The Bertz CT molecular complexity index is 313. The number of amides is 1. The molecule has 0 aromatic heterocycles. The Morgan fingerprint density at radius 2 is 2.00 bits per heavy atom. The van der Waals surface area contributed by atoms with Crippen LogP contribution in [-0.2, 0) is 4.79 Å². The van der Waals surface area contributed by atoms with Crippen LogP contribution in [0.3, 0.4) is 0 Å². The fourth-order valence-electron chi connectivity index (χ4n) is 3.46. The van der Waals surface area contributed by atoms with Gasteiger partial charge in [-0.2, -0.15) is 0 Å². The molecule has 1 N–H and O–H groups in total. The summed E-state index contributed by atoms with van der Waals surface area (Å²) in [7, 11) is 2.00. The minimum absolute atomic E-state index is 0. The van der Waals surface area contributed by atoms with E-state index in [1.54, 1.807) is 0 Å². The van der Waals surface area contributed by atoms with Crippen molar-refractivity contribution in [3.63, 3.8) is 0 Å². The lowest BCUT2D eigenvalue weighted by Crippen LogP contribution is -2.54. The van der Waals surface area contributed by atoms with Gasteiger partial charge in [-0.1, -0.05) is 19.8 Å². The van der Waals surface area contributed by atoms with Crippen molar-refractivity contribution in [2.24, 2.45) is 5.92 Å². The Morgan fingerprint density at radius 3 is 2.65 bits per heavy atom. The minimum Gasteiger partial charge on any atom is -0.341 e. The fraction of sp³-hybridized carbons (Fsp3) is 0.933. The highest BCUT2D eigenvalue weighted by Crippen LogP contribution is 2.27. The predicted molar refractivity (Wildman–Crippen MR) is 85.3 cm³/mol. The summed E-state index contributed by atoms with van der Waals surface area (Å²) in [6, 6.07) is 0.925. The monoisotopic (exact) mass is 303 g/mol. The van der Waals surface area contributed by atoms with Gasteiger partial charge >= 0.3 is 0 Å². The van der Waals surface area contributed by atoms with Gasteiger partial charge in [0, 0.05) is 38.8 Å². The van der Waals surface area contributed by atoms with Gasteiger partial charge in [0.25, 0.3) is 0 Å². The summed E-state index contributed by atoms with van der Waals surface area (Å²) in [4.78, 5) is 16.8. The predicted octanol–water partition coefficient (Wildman–Crippen LogP) is 1.74. The van der Waals surface area contributed by atoms with E-state index < -0.39 is 0 Å². The summed E-state index contributed by atoms with van der Waals surface area (Å²) in [6.07, 6.45) is 5.05. The van der Waals surface area contributed by atoms with Crippen LogP contribution in [0.5, 0.6) is 0 Å². The van der Waals surface area contributed by atoms with E-state index in [0.717, 1.165) is 19.6 Å². The van der Waals surface area contributed by atoms with Gasteiger partial charge in [0.2, 0.25) is 5.91 Å². The summed E-state index contributed by atoms with van der Waals surface area (Å²) in [5.41, 5.74) is 0. The number of rotatable bonds is 3. The molecule has 20 heavy (non-hydrogen) atoms. The Balaban J connectivity index is 0.00000200. The van der Waals surface area contributed by atoms with Gasteiger partial charge in [0.05, 0.1) is 6.54 Å².